The first kappa shape index (κ1) is 22.3. The topological polar surface area (TPSA) is 37.7 Å². The molecule has 0 fully saturated rings. The van der Waals surface area contributed by atoms with Crippen LogP contribution in [0.15, 0.2) is 47.3 Å². The highest BCUT2D eigenvalue weighted by molar-refractivity contribution is 5.94. The Hall–Kier alpha value is -2.37. The molecule has 0 N–H and O–H groups in total. The molecule has 3 rings (SSSR count). The third-order valence-corrected chi connectivity index (χ3v) is 6.05. The number of ether oxygens (including phenoxy) is 1. The highest BCUT2D eigenvalue weighted by Gasteiger charge is 2.12. The van der Waals surface area contributed by atoms with Gasteiger partial charge in [-0.15, -0.1) is 0 Å². The van der Waals surface area contributed by atoms with E-state index in [1.165, 1.54) is 0 Å². The van der Waals surface area contributed by atoms with Crippen LogP contribution < -0.4 is 10.2 Å². The summed E-state index contributed by atoms with van der Waals surface area (Å²) in [6.45, 7) is 16.1. The van der Waals surface area contributed by atoms with E-state index in [4.69, 9.17) is 4.74 Å². The third-order valence-electron chi connectivity index (χ3n) is 6.05. The zero-order valence-electron chi connectivity index (χ0n) is 18.9. The van der Waals surface area contributed by atoms with E-state index in [0.29, 0.717) is 6.61 Å². The Labute approximate surface area is 179 Å². The number of fused-ring (bicyclic) bond motifs is 2. The molecular weight excluding hydrogens is 374 g/mol. The van der Waals surface area contributed by atoms with Crippen molar-refractivity contribution in [2.45, 2.75) is 34.2 Å². The van der Waals surface area contributed by atoms with E-state index in [1.807, 2.05) is 42.5 Å². The van der Waals surface area contributed by atoms with E-state index >= 15 is 0 Å². The molecule has 0 amide bonds. The van der Waals surface area contributed by atoms with Crippen molar-refractivity contribution in [3.63, 3.8) is 0 Å². The fourth-order valence-electron chi connectivity index (χ4n) is 4.05. The molecular formula is C25H35N3O2. The molecule has 0 unspecified atom stereocenters. The van der Waals surface area contributed by atoms with Gasteiger partial charge in [-0.25, -0.2) is 0 Å². The number of hydrogen-bond acceptors (Lipinski definition) is 4. The van der Waals surface area contributed by atoms with Gasteiger partial charge in [-0.2, -0.15) is 0 Å². The van der Waals surface area contributed by atoms with Crippen molar-refractivity contribution in [2.24, 2.45) is 0 Å². The van der Waals surface area contributed by atoms with Crippen LogP contribution in [0.2, 0.25) is 0 Å². The predicted octanol–water partition coefficient (Wildman–Crippen LogP) is 4.22. The number of likely N-dealkylation sites (N-methyl/N-ethyl adjacent to an activating group) is 2. The Morgan fingerprint density at radius 1 is 0.800 bits per heavy atom. The summed E-state index contributed by atoms with van der Waals surface area (Å²) in [5, 5.41) is 1.53. The third kappa shape index (κ3) is 4.85. The van der Waals surface area contributed by atoms with Gasteiger partial charge in [-0.1, -0.05) is 39.8 Å². The fourth-order valence-corrected chi connectivity index (χ4v) is 4.05. The predicted molar refractivity (Wildman–Crippen MR) is 127 cm³/mol. The second-order valence-electron chi connectivity index (χ2n) is 7.58. The zero-order chi connectivity index (χ0) is 21.5. The number of aromatic nitrogens is 1. The number of rotatable bonds is 11. The highest BCUT2D eigenvalue weighted by atomic mass is 16.5. The number of hydrogen-bond donors (Lipinski definition) is 0. The molecule has 5 nitrogen and oxygen atoms in total. The molecule has 0 aliphatic heterocycles. The second-order valence-corrected chi connectivity index (χ2v) is 7.58. The summed E-state index contributed by atoms with van der Waals surface area (Å²) in [5.74, 6) is 0.820. The molecule has 1 heterocycles. The van der Waals surface area contributed by atoms with Crippen molar-refractivity contribution in [1.29, 1.82) is 0 Å². The molecule has 30 heavy (non-hydrogen) atoms. The molecule has 0 spiro atoms. The van der Waals surface area contributed by atoms with Crippen LogP contribution in [0.25, 0.3) is 21.8 Å². The highest BCUT2D eigenvalue weighted by Crippen LogP contribution is 2.23. The Bertz CT molecular complexity index is 1020. The number of para-hydroxylation sites is 1. The van der Waals surface area contributed by atoms with Gasteiger partial charge in [0.05, 0.1) is 11.0 Å². The summed E-state index contributed by atoms with van der Waals surface area (Å²) in [7, 11) is 0. The Balaban J connectivity index is 1.99. The van der Waals surface area contributed by atoms with Crippen LogP contribution in [0.3, 0.4) is 0 Å². The van der Waals surface area contributed by atoms with E-state index in [2.05, 4.69) is 42.1 Å². The average molecular weight is 410 g/mol. The minimum Gasteiger partial charge on any atom is -0.492 e. The molecule has 0 aliphatic rings. The second kappa shape index (κ2) is 10.6. The Morgan fingerprint density at radius 3 is 2.13 bits per heavy atom. The summed E-state index contributed by atoms with van der Waals surface area (Å²) in [6, 6.07) is 13.8. The van der Waals surface area contributed by atoms with Crippen molar-refractivity contribution in [1.82, 2.24) is 14.4 Å². The summed E-state index contributed by atoms with van der Waals surface area (Å²) in [5.41, 5.74) is 2.03. The van der Waals surface area contributed by atoms with Crippen molar-refractivity contribution in [3.05, 3.63) is 52.7 Å². The molecule has 5 heteroatoms. The molecule has 0 radical (unpaired) electrons. The lowest BCUT2D eigenvalue weighted by Crippen LogP contribution is -2.28. The molecule has 0 bridgehead atoms. The number of pyridine rings is 1. The number of benzene rings is 2. The first-order chi connectivity index (χ1) is 14.6. The van der Waals surface area contributed by atoms with Gasteiger partial charge in [0.1, 0.15) is 12.4 Å². The van der Waals surface area contributed by atoms with Gasteiger partial charge in [0.15, 0.2) is 5.43 Å². The van der Waals surface area contributed by atoms with Gasteiger partial charge in [0.25, 0.3) is 0 Å². The van der Waals surface area contributed by atoms with Gasteiger partial charge in [0.2, 0.25) is 0 Å². The van der Waals surface area contributed by atoms with Crippen molar-refractivity contribution in [3.8, 4) is 5.75 Å². The summed E-state index contributed by atoms with van der Waals surface area (Å²) < 4.78 is 8.34. The van der Waals surface area contributed by atoms with Gasteiger partial charge < -0.3 is 19.1 Å². The fraction of sp³-hybridized carbons (Fsp3) is 0.480. The van der Waals surface area contributed by atoms with Gasteiger partial charge in [0, 0.05) is 36.5 Å². The van der Waals surface area contributed by atoms with E-state index in [1.54, 1.807) is 0 Å². The number of nitrogens with zero attached hydrogens (tertiary/aromatic N) is 3. The zero-order valence-corrected chi connectivity index (χ0v) is 18.9. The maximum atomic E-state index is 13.1. The van der Waals surface area contributed by atoms with Gasteiger partial charge in [-0.3, -0.25) is 4.79 Å². The van der Waals surface area contributed by atoms with Crippen LogP contribution in [0.4, 0.5) is 0 Å². The first-order valence-electron chi connectivity index (χ1n) is 11.3. The lowest BCUT2D eigenvalue weighted by molar-refractivity contribution is 0.223. The van der Waals surface area contributed by atoms with Crippen LogP contribution in [0.5, 0.6) is 5.75 Å². The standard InChI is InChI=1S/C25H35N3O2/c1-5-26(6-2)15-16-28-23-12-10-9-11-21(23)25(29)22-14-13-20(19-24(22)28)30-18-17-27(7-3)8-4/h9-14,19H,5-8,15-18H2,1-4H3. The minimum atomic E-state index is 0.0920. The maximum Gasteiger partial charge on any atom is 0.197 e. The largest absolute Gasteiger partial charge is 0.492 e. The van der Waals surface area contributed by atoms with E-state index < -0.39 is 0 Å². The first-order valence-corrected chi connectivity index (χ1v) is 11.3. The SMILES string of the molecule is CCN(CC)CCOc1ccc2c(=O)c3ccccc3n(CCN(CC)CC)c2c1. The van der Waals surface area contributed by atoms with Crippen LogP contribution >= 0.6 is 0 Å². The summed E-state index contributed by atoms with van der Waals surface area (Å²) in [6.07, 6.45) is 0. The van der Waals surface area contributed by atoms with Gasteiger partial charge >= 0.3 is 0 Å². The average Bonchev–Trinajstić information content (AvgIpc) is 2.79. The van der Waals surface area contributed by atoms with Crippen LogP contribution in [0, 0.1) is 0 Å². The molecule has 0 aliphatic carbocycles. The Morgan fingerprint density at radius 2 is 1.43 bits per heavy atom. The molecule has 1 aromatic heterocycles. The van der Waals surface area contributed by atoms with Gasteiger partial charge in [-0.05, 0) is 50.4 Å². The van der Waals surface area contributed by atoms with Crippen LogP contribution in [-0.4, -0.2) is 60.2 Å². The maximum absolute atomic E-state index is 13.1. The molecule has 0 saturated carbocycles. The van der Waals surface area contributed by atoms with Crippen LogP contribution in [-0.2, 0) is 6.54 Å². The lowest BCUT2D eigenvalue weighted by Gasteiger charge is -2.22. The van der Waals surface area contributed by atoms with E-state index in [9.17, 15) is 4.79 Å². The van der Waals surface area contributed by atoms with E-state index in [0.717, 1.165) is 73.4 Å². The summed E-state index contributed by atoms with van der Waals surface area (Å²) >= 11 is 0. The Kier molecular flexibility index (Phi) is 7.88. The van der Waals surface area contributed by atoms with Crippen LogP contribution in [0.1, 0.15) is 27.7 Å². The summed E-state index contributed by atoms with van der Waals surface area (Å²) in [4.78, 5) is 17.9. The minimum absolute atomic E-state index is 0.0920. The lowest BCUT2D eigenvalue weighted by atomic mass is 10.1. The molecule has 0 atom stereocenters. The smallest absolute Gasteiger partial charge is 0.197 e. The van der Waals surface area contributed by atoms with E-state index in [-0.39, 0.29) is 5.43 Å². The molecule has 162 valence electrons. The molecule has 0 saturated heterocycles. The van der Waals surface area contributed by atoms with Crippen molar-refractivity contribution < 1.29 is 4.74 Å². The van der Waals surface area contributed by atoms with Crippen molar-refractivity contribution >= 4 is 21.8 Å². The van der Waals surface area contributed by atoms with Crippen molar-refractivity contribution in [2.75, 3.05) is 45.9 Å². The molecule has 2 aromatic carbocycles. The monoisotopic (exact) mass is 409 g/mol. The quantitative estimate of drug-likeness (QED) is 0.445. The molecule has 3 aromatic rings. The normalized spacial score (nSPS) is 11.8.